The van der Waals surface area contributed by atoms with Gasteiger partial charge in [0.2, 0.25) is 0 Å². The van der Waals surface area contributed by atoms with E-state index in [1.165, 1.54) is 14.8 Å². The predicted molar refractivity (Wildman–Crippen MR) is 117 cm³/mol. The minimum Gasteiger partial charge on any atom is -0.442 e. The zero-order valence-electron chi connectivity index (χ0n) is 18.1. The number of thiocarbonyl (C=S) groups is 1. The van der Waals surface area contributed by atoms with E-state index in [0.29, 0.717) is 11.5 Å². The Hall–Kier alpha value is -2.77. The van der Waals surface area contributed by atoms with Gasteiger partial charge >= 0.3 is 12.1 Å². The molecule has 1 aromatic carbocycles. The highest BCUT2D eigenvalue weighted by atomic mass is 32.1. The molecule has 0 radical (unpaired) electrons. The molecule has 176 valence electrons. The number of urea groups is 1. The molecule has 2 fully saturated rings. The number of amides is 3. The molecule has 1 atom stereocenters. The van der Waals surface area contributed by atoms with E-state index in [1.807, 2.05) is 0 Å². The summed E-state index contributed by atoms with van der Waals surface area (Å²) in [5.41, 5.74) is 2.37. The molecule has 2 aliphatic heterocycles. The molecule has 10 nitrogen and oxygen atoms in total. The summed E-state index contributed by atoms with van der Waals surface area (Å²) < 4.78 is 35.1. The molecule has 0 aromatic heterocycles. The lowest BCUT2D eigenvalue weighted by Crippen LogP contribution is -2.46. The third kappa shape index (κ3) is 5.72. The number of rotatable bonds is 5. The topological polar surface area (TPSA) is 89.6 Å². The van der Waals surface area contributed by atoms with Crippen LogP contribution >= 0.6 is 12.2 Å². The molecule has 2 aliphatic rings. The van der Waals surface area contributed by atoms with E-state index in [4.69, 9.17) is 21.8 Å². The van der Waals surface area contributed by atoms with Crippen molar-refractivity contribution < 1.29 is 27.9 Å². The van der Waals surface area contributed by atoms with E-state index in [0.717, 1.165) is 17.2 Å². The maximum Gasteiger partial charge on any atom is 0.414 e. The number of cyclic esters (lactones) is 1. The van der Waals surface area contributed by atoms with Crippen LogP contribution in [0.1, 0.15) is 6.92 Å². The van der Waals surface area contributed by atoms with Crippen molar-refractivity contribution in [2.24, 2.45) is 0 Å². The van der Waals surface area contributed by atoms with E-state index in [9.17, 15) is 18.4 Å². The lowest BCUT2D eigenvalue weighted by molar-refractivity contribution is -0.108. The van der Waals surface area contributed by atoms with Crippen LogP contribution in [0.4, 0.5) is 29.7 Å². The first-order valence-electron chi connectivity index (χ1n) is 10.0. The second-order valence-electron chi connectivity index (χ2n) is 7.55. The van der Waals surface area contributed by atoms with Gasteiger partial charge in [0.25, 0.3) is 0 Å². The van der Waals surface area contributed by atoms with Gasteiger partial charge in [0.15, 0.2) is 11.6 Å². The number of anilines is 2. The van der Waals surface area contributed by atoms with Crippen LogP contribution in [0.5, 0.6) is 0 Å². The Bertz CT molecular complexity index is 866. The average Bonchev–Trinajstić information content (AvgIpc) is 2.91. The molecular formula is C19H26F2N6O4S. The number of benzene rings is 1. The summed E-state index contributed by atoms with van der Waals surface area (Å²) in [6.07, 6.45) is -1.18. The van der Waals surface area contributed by atoms with Crippen molar-refractivity contribution in [2.75, 3.05) is 63.2 Å². The number of hydrazine groups is 1. The van der Waals surface area contributed by atoms with Crippen molar-refractivity contribution in [2.45, 2.75) is 13.0 Å². The van der Waals surface area contributed by atoms with Crippen LogP contribution in [-0.2, 0) is 9.57 Å². The zero-order valence-corrected chi connectivity index (χ0v) is 18.9. The number of carbonyl (C=O) groups excluding carboxylic acids is 2. The molecule has 2 heterocycles. The number of carbonyl (C=O) groups is 2. The fourth-order valence-corrected chi connectivity index (χ4v) is 3.47. The van der Waals surface area contributed by atoms with Gasteiger partial charge in [-0.3, -0.25) is 15.2 Å². The summed E-state index contributed by atoms with van der Waals surface area (Å²) in [4.78, 5) is 32.9. The molecule has 2 N–H and O–H groups in total. The normalized spacial score (nSPS) is 19.1. The van der Waals surface area contributed by atoms with Crippen molar-refractivity contribution in [3.05, 3.63) is 23.8 Å². The second-order valence-corrected chi connectivity index (χ2v) is 8.16. The molecule has 2 saturated heterocycles. The lowest BCUT2D eigenvalue weighted by atomic mass is 10.2. The van der Waals surface area contributed by atoms with Gasteiger partial charge < -0.3 is 15.0 Å². The molecule has 13 heteroatoms. The number of hydrogen-bond donors (Lipinski definition) is 2. The minimum atomic E-state index is -0.824. The second kappa shape index (κ2) is 10.2. The Kier molecular flexibility index (Phi) is 7.64. The highest BCUT2D eigenvalue weighted by Crippen LogP contribution is 2.31. The van der Waals surface area contributed by atoms with Gasteiger partial charge in [0.1, 0.15) is 11.8 Å². The Morgan fingerprint density at radius 3 is 2.56 bits per heavy atom. The summed E-state index contributed by atoms with van der Waals surface area (Å²) in [6, 6.07) is 1.72. The quantitative estimate of drug-likeness (QED) is 0.492. The number of hydroxylamine groups is 2. The summed E-state index contributed by atoms with van der Waals surface area (Å²) >= 11 is 4.94. The van der Waals surface area contributed by atoms with Gasteiger partial charge in [-0.2, -0.15) is 0 Å². The highest BCUT2D eigenvalue weighted by Gasteiger charge is 2.34. The summed E-state index contributed by atoms with van der Waals surface area (Å²) in [5.74, 6) is -1.65. The van der Waals surface area contributed by atoms with Crippen LogP contribution in [0.25, 0.3) is 0 Å². The molecule has 3 rings (SSSR count). The number of ether oxygens (including phenoxy) is 1. The Morgan fingerprint density at radius 2 is 1.94 bits per heavy atom. The SMILES string of the molecule is CC(=S)NC[C@H]1CN(c2cc(F)c(N3CCON(C(=O)NN(C)C)CC3)c(F)c2)C(=O)O1. The molecule has 0 aliphatic carbocycles. The first-order valence-corrected chi connectivity index (χ1v) is 10.4. The van der Waals surface area contributed by atoms with Gasteiger partial charge in [0, 0.05) is 39.3 Å². The molecule has 0 saturated carbocycles. The fourth-order valence-electron chi connectivity index (χ4n) is 3.39. The molecule has 32 heavy (non-hydrogen) atoms. The Labute approximate surface area is 189 Å². The molecule has 3 amide bonds. The fraction of sp³-hybridized carbons (Fsp3) is 0.526. The summed E-state index contributed by atoms with van der Waals surface area (Å²) in [6.45, 7) is 2.65. The lowest BCUT2D eigenvalue weighted by Gasteiger charge is -2.25. The Balaban J connectivity index is 1.70. The van der Waals surface area contributed by atoms with E-state index in [1.54, 1.807) is 21.0 Å². The van der Waals surface area contributed by atoms with Crippen molar-refractivity contribution in [1.82, 2.24) is 20.8 Å². The molecule has 1 aromatic rings. The van der Waals surface area contributed by atoms with Crippen LogP contribution in [0.15, 0.2) is 12.1 Å². The number of nitrogens with zero attached hydrogens (tertiary/aromatic N) is 4. The van der Waals surface area contributed by atoms with Crippen LogP contribution in [-0.4, -0.2) is 86.7 Å². The van der Waals surface area contributed by atoms with E-state index in [-0.39, 0.29) is 44.2 Å². The van der Waals surface area contributed by atoms with Crippen LogP contribution in [0.2, 0.25) is 0 Å². The number of nitrogens with one attached hydrogen (secondary N) is 2. The van der Waals surface area contributed by atoms with Gasteiger partial charge in [-0.15, -0.1) is 0 Å². The largest absolute Gasteiger partial charge is 0.442 e. The van der Waals surface area contributed by atoms with E-state index < -0.39 is 29.9 Å². The first kappa shape index (κ1) is 23.9. The molecule has 0 spiro atoms. The maximum atomic E-state index is 15.0. The minimum absolute atomic E-state index is 0.0633. The van der Waals surface area contributed by atoms with Crippen molar-refractivity contribution >= 4 is 40.7 Å². The molecule has 0 unspecified atom stereocenters. The van der Waals surface area contributed by atoms with Gasteiger partial charge in [-0.05, 0) is 6.92 Å². The summed E-state index contributed by atoms with van der Waals surface area (Å²) in [7, 11) is 3.31. The number of halogens is 2. The van der Waals surface area contributed by atoms with E-state index in [2.05, 4.69) is 10.7 Å². The van der Waals surface area contributed by atoms with Crippen LogP contribution in [0.3, 0.4) is 0 Å². The first-order chi connectivity index (χ1) is 15.2. The third-order valence-corrected chi connectivity index (χ3v) is 4.95. The monoisotopic (exact) mass is 472 g/mol. The molecule has 0 bridgehead atoms. The smallest absolute Gasteiger partial charge is 0.414 e. The van der Waals surface area contributed by atoms with Gasteiger partial charge in [0.05, 0.1) is 36.9 Å². The van der Waals surface area contributed by atoms with Crippen LogP contribution < -0.4 is 20.5 Å². The van der Waals surface area contributed by atoms with E-state index >= 15 is 0 Å². The predicted octanol–water partition coefficient (Wildman–Crippen LogP) is 1.47. The third-order valence-electron chi connectivity index (χ3n) is 4.81. The standard InChI is InChI=1S/C19H26F2N6O4S/c1-12(32)22-10-14-11-26(19(29)31-14)13-8-15(20)17(16(21)9-13)25-4-5-27(30-7-6-25)18(28)23-24(2)3/h8-9,14H,4-7,10-11H2,1-3H3,(H,22,32)(H,23,28)/t14-/m0/s1. The van der Waals surface area contributed by atoms with Crippen molar-refractivity contribution in [3.63, 3.8) is 0 Å². The Morgan fingerprint density at radius 1 is 1.25 bits per heavy atom. The van der Waals surface area contributed by atoms with Crippen LogP contribution in [0, 0.1) is 11.6 Å². The molecular weight excluding hydrogens is 446 g/mol. The highest BCUT2D eigenvalue weighted by molar-refractivity contribution is 7.80. The van der Waals surface area contributed by atoms with Crippen molar-refractivity contribution in [3.8, 4) is 0 Å². The van der Waals surface area contributed by atoms with Crippen molar-refractivity contribution in [1.29, 1.82) is 0 Å². The van der Waals surface area contributed by atoms with Gasteiger partial charge in [-0.25, -0.2) is 28.4 Å². The zero-order chi connectivity index (χ0) is 23.4. The maximum absolute atomic E-state index is 15.0. The summed E-state index contributed by atoms with van der Waals surface area (Å²) in [5, 5.41) is 5.49. The average molecular weight is 473 g/mol. The van der Waals surface area contributed by atoms with Gasteiger partial charge in [-0.1, -0.05) is 12.2 Å². The number of hydrogen-bond acceptors (Lipinski definition) is 7.